The van der Waals surface area contributed by atoms with Gasteiger partial charge in [0.05, 0.1) is 4.92 Å². The van der Waals surface area contributed by atoms with E-state index in [0.717, 1.165) is 32.2 Å². The summed E-state index contributed by atoms with van der Waals surface area (Å²) in [6.45, 7) is 3.19. The van der Waals surface area contributed by atoms with Crippen LogP contribution in [-0.4, -0.2) is 47.9 Å². The van der Waals surface area contributed by atoms with E-state index in [9.17, 15) is 18.9 Å². The van der Waals surface area contributed by atoms with Crippen molar-refractivity contribution in [2.24, 2.45) is 0 Å². The Morgan fingerprint density at radius 1 is 1.29 bits per heavy atom. The fourth-order valence-corrected chi connectivity index (χ4v) is 3.19. The van der Waals surface area contributed by atoms with Gasteiger partial charge in [-0.2, -0.15) is 0 Å². The van der Waals surface area contributed by atoms with Crippen LogP contribution in [0.1, 0.15) is 23.6 Å². The van der Waals surface area contributed by atoms with Crippen molar-refractivity contribution in [1.29, 1.82) is 0 Å². The first-order valence-corrected chi connectivity index (χ1v) is 6.98. The molecule has 5 nitrogen and oxygen atoms in total. The molecule has 1 aromatic carbocycles. The molecule has 1 saturated heterocycles. The van der Waals surface area contributed by atoms with Gasteiger partial charge in [0.25, 0.3) is 11.6 Å². The lowest BCUT2D eigenvalue weighted by Gasteiger charge is -2.36. The highest BCUT2D eigenvalue weighted by molar-refractivity contribution is 5.46. The monoisotopic (exact) mass is 297 g/mol. The van der Waals surface area contributed by atoms with Gasteiger partial charge in [-0.05, 0) is 12.6 Å². The topological polar surface area (TPSA) is 49.6 Å². The van der Waals surface area contributed by atoms with E-state index in [2.05, 4.69) is 9.80 Å². The first-order valence-electron chi connectivity index (χ1n) is 6.98. The summed E-state index contributed by atoms with van der Waals surface area (Å²) in [7, 11) is 2.01. The summed E-state index contributed by atoms with van der Waals surface area (Å²) >= 11 is 0. The lowest BCUT2D eigenvalue weighted by Crippen LogP contribution is -2.45. The van der Waals surface area contributed by atoms with Crippen LogP contribution in [0.5, 0.6) is 0 Å². The Hall–Kier alpha value is -1.60. The molecule has 7 heteroatoms. The number of piperazine rings is 1. The van der Waals surface area contributed by atoms with Gasteiger partial charge in [0, 0.05) is 56.3 Å². The van der Waals surface area contributed by atoms with Gasteiger partial charge in [0.15, 0.2) is 0 Å². The molecular formula is C14H17F2N3O2. The average Bonchev–Trinajstić information content (AvgIpc) is 2.71. The average molecular weight is 297 g/mol. The predicted octanol–water partition coefficient (Wildman–Crippen LogP) is 2.38. The SMILES string of the molecule is CN1CCN(C2CC(F)(F)c3cc([N+](=O)[O-])ccc32)CC1. The Labute approximate surface area is 121 Å². The zero-order chi connectivity index (χ0) is 15.2. The second-order valence-corrected chi connectivity index (χ2v) is 5.79. The smallest absolute Gasteiger partial charge is 0.275 e. The number of nitrogens with zero attached hydrogens (tertiary/aromatic N) is 3. The minimum absolute atomic E-state index is 0.180. The van der Waals surface area contributed by atoms with Crippen molar-refractivity contribution >= 4 is 5.69 Å². The Morgan fingerprint density at radius 2 is 1.95 bits per heavy atom. The van der Waals surface area contributed by atoms with Crippen molar-refractivity contribution in [2.75, 3.05) is 33.2 Å². The number of hydrogen-bond donors (Lipinski definition) is 0. The van der Waals surface area contributed by atoms with Gasteiger partial charge in [-0.25, -0.2) is 8.78 Å². The number of hydrogen-bond acceptors (Lipinski definition) is 4. The van der Waals surface area contributed by atoms with Crippen molar-refractivity contribution in [1.82, 2.24) is 9.80 Å². The molecule has 0 saturated carbocycles. The summed E-state index contributed by atoms with van der Waals surface area (Å²) in [6.07, 6.45) is -0.285. The van der Waals surface area contributed by atoms with E-state index in [1.54, 1.807) is 0 Å². The summed E-state index contributed by atoms with van der Waals surface area (Å²) < 4.78 is 28.4. The number of benzene rings is 1. The van der Waals surface area contributed by atoms with Crippen LogP contribution in [0.15, 0.2) is 18.2 Å². The highest BCUT2D eigenvalue weighted by atomic mass is 19.3. The lowest BCUT2D eigenvalue weighted by atomic mass is 10.1. The summed E-state index contributed by atoms with van der Waals surface area (Å²) in [6, 6.07) is 3.51. The van der Waals surface area contributed by atoms with E-state index in [0.29, 0.717) is 5.56 Å². The first-order chi connectivity index (χ1) is 9.88. The van der Waals surface area contributed by atoms with Crippen LogP contribution in [0.3, 0.4) is 0 Å². The van der Waals surface area contributed by atoms with Gasteiger partial charge in [0.2, 0.25) is 0 Å². The zero-order valence-electron chi connectivity index (χ0n) is 11.8. The van der Waals surface area contributed by atoms with Crippen LogP contribution in [0.4, 0.5) is 14.5 Å². The lowest BCUT2D eigenvalue weighted by molar-refractivity contribution is -0.385. The fourth-order valence-electron chi connectivity index (χ4n) is 3.19. The van der Waals surface area contributed by atoms with Gasteiger partial charge in [-0.3, -0.25) is 15.0 Å². The summed E-state index contributed by atoms with van der Waals surface area (Å²) in [5, 5.41) is 10.8. The molecular weight excluding hydrogens is 280 g/mol. The molecule has 114 valence electrons. The summed E-state index contributed by atoms with van der Waals surface area (Å²) in [5.74, 6) is -2.99. The Morgan fingerprint density at radius 3 is 2.57 bits per heavy atom. The van der Waals surface area contributed by atoms with Crippen molar-refractivity contribution in [3.8, 4) is 0 Å². The number of non-ortho nitro benzene ring substituents is 1. The maximum atomic E-state index is 14.2. The Bertz CT molecular complexity index is 571. The number of alkyl halides is 2. The number of nitro groups is 1. The molecule has 2 aliphatic rings. The maximum Gasteiger partial charge on any atom is 0.275 e. The number of halogens is 2. The molecule has 0 aromatic heterocycles. The second-order valence-electron chi connectivity index (χ2n) is 5.79. The third-order valence-corrected chi connectivity index (χ3v) is 4.43. The van der Waals surface area contributed by atoms with E-state index in [4.69, 9.17) is 0 Å². The van der Waals surface area contributed by atoms with Crippen molar-refractivity contribution in [3.05, 3.63) is 39.4 Å². The van der Waals surface area contributed by atoms with Gasteiger partial charge in [-0.1, -0.05) is 6.07 Å². The molecule has 0 spiro atoms. The first kappa shape index (κ1) is 14.3. The molecule has 1 unspecified atom stereocenters. The number of nitro benzene ring substituents is 1. The molecule has 1 aliphatic carbocycles. The standard InChI is InChI=1S/C14H17F2N3O2/c1-17-4-6-18(7-5-17)13-9-14(15,16)12-8-10(19(20)21)2-3-11(12)13/h2-3,8,13H,4-7,9H2,1H3. The largest absolute Gasteiger partial charge is 0.304 e. The van der Waals surface area contributed by atoms with Crippen LogP contribution >= 0.6 is 0 Å². The minimum atomic E-state index is -2.99. The maximum absolute atomic E-state index is 14.2. The fraction of sp³-hybridized carbons (Fsp3) is 0.571. The number of rotatable bonds is 2. The zero-order valence-corrected chi connectivity index (χ0v) is 11.8. The number of likely N-dealkylation sites (N-methyl/N-ethyl adjacent to an activating group) is 1. The van der Waals surface area contributed by atoms with Gasteiger partial charge in [0.1, 0.15) is 0 Å². The highest BCUT2D eigenvalue weighted by Gasteiger charge is 2.47. The van der Waals surface area contributed by atoms with Crippen LogP contribution in [-0.2, 0) is 5.92 Å². The molecule has 1 aromatic rings. The molecule has 1 aliphatic heterocycles. The quantitative estimate of drug-likeness (QED) is 0.621. The molecule has 3 rings (SSSR count). The van der Waals surface area contributed by atoms with E-state index in [1.807, 2.05) is 7.05 Å². The van der Waals surface area contributed by atoms with Crippen molar-refractivity contribution in [3.63, 3.8) is 0 Å². The Kier molecular flexibility index (Phi) is 3.41. The van der Waals surface area contributed by atoms with Crippen molar-refractivity contribution in [2.45, 2.75) is 18.4 Å². The van der Waals surface area contributed by atoms with Crippen LogP contribution in [0, 0.1) is 10.1 Å². The summed E-state index contributed by atoms with van der Waals surface area (Å²) in [5.41, 5.74) is 0.0863. The third kappa shape index (κ3) is 2.51. The predicted molar refractivity (Wildman–Crippen MR) is 73.4 cm³/mol. The summed E-state index contributed by atoms with van der Waals surface area (Å²) in [4.78, 5) is 14.4. The van der Waals surface area contributed by atoms with Crippen LogP contribution < -0.4 is 0 Å². The molecule has 1 atom stereocenters. The molecule has 0 N–H and O–H groups in total. The van der Waals surface area contributed by atoms with Gasteiger partial charge < -0.3 is 4.90 Å². The Balaban J connectivity index is 1.93. The minimum Gasteiger partial charge on any atom is -0.304 e. The molecule has 0 radical (unpaired) electrons. The van der Waals surface area contributed by atoms with Gasteiger partial charge in [-0.15, -0.1) is 0 Å². The molecule has 1 fully saturated rings. The molecule has 0 bridgehead atoms. The second kappa shape index (κ2) is 4.99. The van der Waals surface area contributed by atoms with E-state index in [1.165, 1.54) is 12.1 Å². The normalized spacial score (nSPS) is 25.8. The van der Waals surface area contributed by atoms with E-state index >= 15 is 0 Å². The third-order valence-electron chi connectivity index (χ3n) is 4.43. The molecule has 1 heterocycles. The van der Waals surface area contributed by atoms with E-state index in [-0.39, 0.29) is 23.7 Å². The molecule has 0 amide bonds. The van der Waals surface area contributed by atoms with Crippen LogP contribution in [0.25, 0.3) is 0 Å². The van der Waals surface area contributed by atoms with Crippen molar-refractivity contribution < 1.29 is 13.7 Å². The number of fused-ring (bicyclic) bond motifs is 1. The van der Waals surface area contributed by atoms with E-state index < -0.39 is 10.8 Å². The van der Waals surface area contributed by atoms with Gasteiger partial charge >= 0.3 is 0 Å². The van der Waals surface area contributed by atoms with Crippen LogP contribution in [0.2, 0.25) is 0 Å². The molecule has 21 heavy (non-hydrogen) atoms. The highest BCUT2D eigenvalue weighted by Crippen LogP contribution is 2.50.